The molecule has 4 heteroatoms. The Balaban J connectivity index is 1.83. The molecule has 33 heavy (non-hydrogen) atoms. The first kappa shape index (κ1) is 26.9. The Bertz CT molecular complexity index is 810. The molecule has 0 spiro atoms. The molecule has 0 aromatic heterocycles. The lowest BCUT2D eigenvalue weighted by molar-refractivity contribution is -0.142. The van der Waals surface area contributed by atoms with Gasteiger partial charge in [-0.05, 0) is 69.1 Å². The van der Waals surface area contributed by atoms with E-state index in [9.17, 15) is 15.3 Å². The van der Waals surface area contributed by atoms with Gasteiger partial charge in [0.15, 0.2) is 5.41 Å². The van der Waals surface area contributed by atoms with Crippen molar-refractivity contribution >= 4 is 5.97 Å². The summed E-state index contributed by atoms with van der Waals surface area (Å²) in [5, 5.41) is 19.3. The first-order chi connectivity index (χ1) is 15.9. The highest BCUT2D eigenvalue weighted by molar-refractivity contribution is 5.81. The summed E-state index contributed by atoms with van der Waals surface area (Å²) >= 11 is 0. The Morgan fingerprint density at radius 3 is 2.15 bits per heavy atom. The van der Waals surface area contributed by atoms with Crippen molar-refractivity contribution in [3.05, 3.63) is 29.8 Å². The van der Waals surface area contributed by atoms with E-state index >= 15 is 0 Å². The van der Waals surface area contributed by atoms with Crippen LogP contribution in [0.1, 0.15) is 122 Å². The third-order valence-electron chi connectivity index (χ3n) is 7.45. The molecule has 1 aromatic carbocycles. The van der Waals surface area contributed by atoms with Crippen molar-refractivity contribution < 1.29 is 9.53 Å². The van der Waals surface area contributed by atoms with Gasteiger partial charge in [-0.1, -0.05) is 77.3 Å². The fourth-order valence-corrected chi connectivity index (χ4v) is 5.07. The lowest BCUT2D eigenvalue weighted by Crippen LogP contribution is -2.30. The quantitative estimate of drug-likeness (QED) is 0.172. The van der Waals surface area contributed by atoms with Crippen LogP contribution in [0.15, 0.2) is 24.3 Å². The van der Waals surface area contributed by atoms with Gasteiger partial charge in [0.05, 0.1) is 17.6 Å². The summed E-state index contributed by atoms with van der Waals surface area (Å²) in [6.45, 7) is 5.84. The number of nitrogens with zero attached hydrogens (tertiary/aromatic N) is 2. The Morgan fingerprint density at radius 2 is 1.61 bits per heavy atom. The van der Waals surface area contributed by atoms with Crippen molar-refractivity contribution in [3.63, 3.8) is 0 Å². The third kappa shape index (κ3) is 7.89. The first-order valence-electron chi connectivity index (χ1n) is 13.1. The van der Waals surface area contributed by atoms with E-state index in [1.54, 1.807) is 6.92 Å². The summed E-state index contributed by atoms with van der Waals surface area (Å²) in [5.41, 5.74) is -0.00236. The number of esters is 1. The first-order valence-corrected chi connectivity index (χ1v) is 13.1. The minimum Gasteiger partial charge on any atom is -0.425 e. The molecule has 2 rings (SSSR count). The predicted molar refractivity (Wildman–Crippen MR) is 133 cm³/mol. The van der Waals surface area contributed by atoms with Gasteiger partial charge in [-0.3, -0.25) is 0 Å². The summed E-state index contributed by atoms with van der Waals surface area (Å²) in [7, 11) is 0. The Morgan fingerprint density at radius 1 is 1.00 bits per heavy atom. The van der Waals surface area contributed by atoms with Crippen LogP contribution in [0.3, 0.4) is 0 Å². The van der Waals surface area contributed by atoms with Crippen LogP contribution >= 0.6 is 0 Å². The van der Waals surface area contributed by atoms with Crippen LogP contribution in [0, 0.1) is 33.5 Å². The van der Waals surface area contributed by atoms with Crippen molar-refractivity contribution in [2.24, 2.45) is 10.8 Å². The molecule has 0 bridgehead atoms. The molecule has 1 unspecified atom stereocenters. The van der Waals surface area contributed by atoms with Crippen molar-refractivity contribution in [1.29, 1.82) is 10.5 Å². The van der Waals surface area contributed by atoms with Crippen LogP contribution in [-0.4, -0.2) is 5.97 Å². The molecule has 1 saturated carbocycles. The van der Waals surface area contributed by atoms with E-state index in [0.717, 1.165) is 38.5 Å². The molecule has 1 aromatic rings. The summed E-state index contributed by atoms with van der Waals surface area (Å²) in [6.07, 6.45) is 15.3. The molecule has 0 amide bonds. The van der Waals surface area contributed by atoms with E-state index in [0.29, 0.717) is 18.1 Å². The summed E-state index contributed by atoms with van der Waals surface area (Å²) < 4.78 is 5.50. The number of unbranched alkanes of at least 4 members (excludes halogenated alkanes) is 6. The number of hydrogen-bond acceptors (Lipinski definition) is 4. The van der Waals surface area contributed by atoms with Crippen LogP contribution in [0.2, 0.25) is 0 Å². The second-order valence-corrected chi connectivity index (χ2v) is 10.2. The van der Waals surface area contributed by atoms with Crippen molar-refractivity contribution in [2.75, 3.05) is 0 Å². The molecule has 0 heterocycles. The van der Waals surface area contributed by atoms with E-state index in [2.05, 4.69) is 19.1 Å². The van der Waals surface area contributed by atoms with Gasteiger partial charge in [-0.25, -0.2) is 4.79 Å². The zero-order valence-corrected chi connectivity index (χ0v) is 21.0. The zero-order chi connectivity index (χ0) is 24.2. The molecular weight excluding hydrogens is 408 g/mol. The number of rotatable bonds is 13. The van der Waals surface area contributed by atoms with E-state index < -0.39 is 11.4 Å². The maximum Gasteiger partial charge on any atom is 0.331 e. The van der Waals surface area contributed by atoms with Crippen LogP contribution in [0.25, 0.3) is 0 Å². The largest absolute Gasteiger partial charge is 0.425 e. The zero-order valence-electron chi connectivity index (χ0n) is 21.0. The molecule has 0 radical (unpaired) electrons. The van der Waals surface area contributed by atoms with Crippen molar-refractivity contribution in [1.82, 2.24) is 0 Å². The SMILES string of the molecule is CCCCCCCCCC1(C#N)CCC(c2ccc(OC(=O)C(C)(C#N)CCC)cc2)CC1. The van der Waals surface area contributed by atoms with Crippen LogP contribution < -0.4 is 4.74 Å². The summed E-state index contributed by atoms with van der Waals surface area (Å²) in [6, 6.07) is 12.5. The summed E-state index contributed by atoms with van der Waals surface area (Å²) in [4.78, 5) is 12.4. The normalized spacial score (nSPS) is 22.0. The average molecular weight is 451 g/mol. The highest BCUT2D eigenvalue weighted by Crippen LogP contribution is 2.46. The van der Waals surface area contributed by atoms with Crippen molar-refractivity contribution in [2.45, 2.75) is 117 Å². The van der Waals surface area contributed by atoms with Gasteiger partial charge in [0.25, 0.3) is 0 Å². The standard InChI is InChI=1S/C29H42N2O2/c1-4-6-7-8-9-10-11-19-29(23-31)20-16-25(17-21-29)24-12-14-26(15-13-24)33-27(32)28(3,22-30)18-5-2/h12-15,25H,4-11,16-21H2,1-3H3. The number of ether oxygens (including phenoxy) is 1. The topological polar surface area (TPSA) is 73.9 Å². The Labute approximate surface area is 201 Å². The van der Waals surface area contributed by atoms with E-state index in [4.69, 9.17) is 4.74 Å². The fourth-order valence-electron chi connectivity index (χ4n) is 5.07. The molecule has 1 aliphatic rings. The lowest BCUT2D eigenvalue weighted by atomic mass is 9.67. The Hall–Kier alpha value is -2.33. The van der Waals surface area contributed by atoms with Gasteiger partial charge >= 0.3 is 5.97 Å². The van der Waals surface area contributed by atoms with E-state index in [-0.39, 0.29) is 5.41 Å². The summed E-state index contributed by atoms with van der Waals surface area (Å²) in [5.74, 6) is 0.457. The van der Waals surface area contributed by atoms with Crippen molar-refractivity contribution in [3.8, 4) is 17.9 Å². The van der Waals surface area contributed by atoms with Crippen LogP contribution in [-0.2, 0) is 4.79 Å². The molecular formula is C29H42N2O2. The second kappa shape index (κ2) is 13.4. The highest BCUT2D eigenvalue weighted by atomic mass is 16.5. The van der Waals surface area contributed by atoms with Crippen LogP contribution in [0.5, 0.6) is 5.75 Å². The van der Waals surface area contributed by atoms with E-state index in [1.165, 1.54) is 50.5 Å². The van der Waals surface area contributed by atoms with Gasteiger partial charge in [0, 0.05) is 0 Å². The second-order valence-electron chi connectivity index (χ2n) is 10.2. The average Bonchev–Trinajstić information content (AvgIpc) is 2.84. The van der Waals surface area contributed by atoms with Gasteiger partial charge in [-0.15, -0.1) is 0 Å². The van der Waals surface area contributed by atoms with Crippen LogP contribution in [0.4, 0.5) is 0 Å². The third-order valence-corrected chi connectivity index (χ3v) is 7.45. The monoisotopic (exact) mass is 450 g/mol. The smallest absolute Gasteiger partial charge is 0.331 e. The molecule has 1 atom stereocenters. The molecule has 1 aliphatic carbocycles. The molecule has 0 N–H and O–H groups in total. The van der Waals surface area contributed by atoms with E-state index in [1.807, 2.05) is 31.2 Å². The molecule has 1 fully saturated rings. The Kier molecular flexibility index (Phi) is 10.9. The van der Waals surface area contributed by atoms with Gasteiger partial charge in [-0.2, -0.15) is 10.5 Å². The molecule has 4 nitrogen and oxygen atoms in total. The van der Waals surface area contributed by atoms with Gasteiger partial charge < -0.3 is 4.74 Å². The lowest BCUT2D eigenvalue weighted by Gasteiger charge is -2.35. The molecule has 0 aliphatic heterocycles. The number of carbonyl (C=O) groups excluding carboxylic acids is 1. The number of benzene rings is 1. The fraction of sp³-hybridized carbons (Fsp3) is 0.690. The number of carbonyl (C=O) groups is 1. The minimum absolute atomic E-state index is 0.142. The van der Waals surface area contributed by atoms with Gasteiger partial charge in [0.1, 0.15) is 5.75 Å². The number of nitriles is 2. The molecule has 180 valence electrons. The minimum atomic E-state index is -1.10. The predicted octanol–water partition coefficient (Wildman–Crippen LogP) is 8.23. The number of hydrogen-bond donors (Lipinski definition) is 0. The molecule has 0 saturated heterocycles. The maximum absolute atomic E-state index is 12.4. The highest BCUT2D eigenvalue weighted by Gasteiger charge is 2.36. The van der Waals surface area contributed by atoms with Gasteiger partial charge in [0.2, 0.25) is 0 Å². The maximum atomic E-state index is 12.4.